The third kappa shape index (κ3) is 9.12. The van der Waals surface area contributed by atoms with Crippen LogP contribution in [0.15, 0.2) is 0 Å². The average Bonchev–Trinajstić information content (AvgIpc) is 2.32. The molecule has 0 aliphatic carbocycles. The zero-order valence-electron chi connectivity index (χ0n) is 12.1. The molecule has 1 rings (SSSR count). The van der Waals surface area contributed by atoms with E-state index in [-0.39, 0.29) is 12.5 Å². The van der Waals surface area contributed by atoms with Gasteiger partial charge in [0.2, 0.25) is 5.91 Å². The summed E-state index contributed by atoms with van der Waals surface area (Å²) in [5.41, 5.74) is 0. The quantitative estimate of drug-likeness (QED) is 0.775. The molecule has 17 heavy (non-hydrogen) atoms. The van der Waals surface area contributed by atoms with Crippen molar-refractivity contribution in [3.05, 3.63) is 0 Å². The lowest BCUT2D eigenvalue weighted by molar-refractivity contribution is -0.123. The van der Waals surface area contributed by atoms with Crippen LogP contribution in [0.2, 0.25) is 0 Å². The van der Waals surface area contributed by atoms with Crippen molar-refractivity contribution in [1.82, 2.24) is 10.2 Å². The van der Waals surface area contributed by atoms with Crippen LogP contribution in [-0.4, -0.2) is 48.2 Å². The molecule has 1 aliphatic heterocycles. The minimum Gasteiger partial charge on any atom is -0.395 e. The number of hydrogen-bond donors (Lipinski definition) is 2. The fourth-order valence-electron chi connectivity index (χ4n) is 1.51. The topological polar surface area (TPSA) is 52.6 Å². The van der Waals surface area contributed by atoms with Gasteiger partial charge in [-0.2, -0.15) is 0 Å². The van der Waals surface area contributed by atoms with E-state index in [1.807, 2.05) is 34.6 Å². The van der Waals surface area contributed by atoms with Gasteiger partial charge in [0.25, 0.3) is 0 Å². The summed E-state index contributed by atoms with van der Waals surface area (Å²) in [6.07, 6.45) is 1.52. The molecule has 4 nitrogen and oxygen atoms in total. The number of nitrogens with one attached hydrogen (secondary N) is 1. The van der Waals surface area contributed by atoms with Crippen LogP contribution in [0.3, 0.4) is 0 Å². The molecular formula is C13H30N2O2. The number of aliphatic hydroxyl groups excluding tert-OH is 1. The second-order valence-corrected chi connectivity index (χ2v) is 3.50. The molecule has 0 atom stereocenters. The van der Waals surface area contributed by atoms with Gasteiger partial charge in [0.15, 0.2) is 0 Å². The number of amides is 1. The molecule has 1 fully saturated rings. The molecule has 0 unspecified atom stereocenters. The highest BCUT2D eigenvalue weighted by atomic mass is 16.3. The molecule has 0 aromatic heterocycles. The molecule has 1 aliphatic rings. The first-order chi connectivity index (χ1) is 8.26. The molecule has 1 amide bonds. The molecule has 0 radical (unpaired) electrons. The maximum atomic E-state index is 11.1. The fraction of sp³-hybridized carbons (Fsp3) is 0.923. The van der Waals surface area contributed by atoms with E-state index in [4.69, 9.17) is 5.11 Å². The van der Waals surface area contributed by atoms with Crippen molar-refractivity contribution >= 4 is 5.91 Å². The van der Waals surface area contributed by atoms with Crippen LogP contribution in [0.4, 0.5) is 0 Å². The van der Waals surface area contributed by atoms with Gasteiger partial charge >= 0.3 is 0 Å². The predicted octanol–water partition coefficient (Wildman–Crippen LogP) is 1.63. The van der Waals surface area contributed by atoms with Gasteiger partial charge < -0.3 is 10.4 Å². The van der Waals surface area contributed by atoms with Crippen molar-refractivity contribution in [3.63, 3.8) is 0 Å². The van der Waals surface area contributed by atoms with Crippen LogP contribution in [-0.2, 0) is 4.79 Å². The van der Waals surface area contributed by atoms with Crippen molar-refractivity contribution in [1.29, 1.82) is 0 Å². The van der Waals surface area contributed by atoms with Gasteiger partial charge in [0.05, 0.1) is 12.6 Å². The predicted molar refractivity (Wildman–Crippen MR) is 73.1 cm³/mol. The molecule has 0 saturated carbocycles. The molecule has 1 saturated heterocycles. The maximum absolute atomic E-state index is 11.1. The summed E-state index contributed by atoms with van der Waals surface area (Å²) in [6.45, 7) is 12.7. The monoisotopic (exact) mass is 246 g/mol. The van der Waals surface area contributed by atoms with Gasteiger partial charge in [-0.15, -0.1) is 0 Å². The summed E-state index contributed by atoms with van der Waals surface area (Å²) in [7, 11) is 0. The van der Waals surface area contributed by atoms with E-state index >= 15 is 0 Å². The second kappa shape index (κ2) is 13.5. The molecule has 0 aromatic rings. The third-order valence-corrected chi connectivity index (χ3v) is 2.22. The van der Waals surface area contributed by atoms with E-state index < -0.39 is 0 Å². The highest BCUT2D eigenvalue weighted by Gasteiger charge is 2.26. The minimum absolute atomic E-state index is 0.149. The Hall–Kier alpha value is -0.610. The lowest BCUT2D eigenvalue weighted by Gasteiger charge is -2.39. The van der Waals surface area contributed by atoms with Crippen molar-refractivity contribution in [2.24, 2.45) is 0 Å². The van der Waals surface area contributed by atoms with E-state index in [2.05, 4.69) is 10.2 Å². The molecule has 0 aromatic carbocycles. The first-order valence-electron chi connectivity index (χ1n) is 6.88. The largest absolute Gasteiger partial charge is 0.395 e. The molecule has 104 valence electrons. The minimum atomic E-state index is 0.149. The normalized spacial score (nSPS) is 14.7. The second-order valence-electron chi connectivity index (χ2n) is 3.50. The molecule has 0 spiro atoms. The Kier molecular flexibility index (Phi) is 14.8. The highest BCUT2D eigenvalue weighted by molar-refractivity contribution is 5.76. The molecule has 4 heteroatoms. The first kappa shape index (κ1) is 18.7. The van der Waals surface area contributed by atoms with Crippen molar-refractivity contribution in [2.45, 2.75) is 53.5 Å². The summed E-state index contributed by atoms with van der Waals surface area (Å²) in [5, 5.41) is 11.6. The zero-order chi connectivity index (χ0) is 13.7. The van der Waals surface area contributed by atoms with Crippen LogP contribution < -0.4 is 5.32 Å². The number of rotatable bonds is 5. The van der Waals surface area contributed by atoms with E-state index in [9.17, 15) is 4.79 Å². The lowest BCUT2D eigenvalue weighted by Crippen LogP contribution is -2.59. The fourth-order valence-corrected chi connectivity index (χ4v) is 1.51. The van der Waals surface area contributed by atoms with Gasteiger partial charge in [-0.1, -0.05) is 34.6 Å². The lowest BCUT2D eigenvalue weighted by atomic mass is 10.1. The number of carbonyl (C=O) groups is 1. The Labute approximate surface area is 106 Å². The Morgan fingerprint density at radius 1 is 1.29 bits per heavy atom. The molecule has 0 bridgehead atoms. The van der Waals surface area contributed by atoms with Gasteiger partial charge in [-0.3, -0.25) is 9.69 Å². The summed E-state index contributed by atoms with van der Waals surface area (Å²) in [5.74, 6) is 0.149. The van der Waals surface area contributed by atoms with E-state index in [1.54, 1.807) is 0 Å². The number of aliphatic hydroxyl groups is 1. The number of β-amino-alcohol motifs (C(OH)–C–C–N with tert-alkyl or cyclic N) is 1. The average molecular weight is 246 g/mol. The van der Waals surface area contributed by atoms with Gasteiger partial charge in [0.1, 0.15) is 0 Å². The van der Waals surface area contributed by atoms with E-state index in [0.29, 0.717) is 12.5 Å². The van der Waals surface area contributed by atoms with E-state index in [1.165, 1.54) is 0 Å². The summed E-state index contributed by atoms with van der Waals surface area (Å²) >= 11 is 0. The van der Waals surface area contributed by atoms with Crippen LogP contribution in [0.25, 0.3) is 0 Å². The van der Waals surface area contributed by atoms with Gasteiger partial charge in [-0.25, -0.2) is 0 Å². The Morgan fingerprint density at radius 2 is 1.82 bits per heavy atom. The Morgan fingerprint density at radius 3 is 2.24 bits per heavy atom. The van der Waals surface area contributed by atoms with E-state index in [0.717, 1.165) is 26.1 Å². The maximum Gasteiger partial charge on any atom is 0.220 e. The first-order valence-corrected chi connectivity index (χ1v) is 6.88. The molecule has 2 N–H and O–H groups in total. The number of likely N-dealkylation sites (tertiary alicyclic amines) is 1. The Bertz CT molecular complexity index is 169. The summed E-state index contributed by atoms with van der Waals surface area (Å²) < 4.78 is 0. The summed E-state index contributed by atoms with van der Waals surface area (Å²) in [4.78, 5) is 13.3. The third-order valence-electron chi connectivity index (χ3n) is 2.22. The van der Waals surface area contributed by atoms with Crippen LogP contribution in [0.1, 0.15) is 47.5 Å². The van der Waals surface area contributed by atoms with Crippen molar-refractivity contribution in [3.8, 4) is 0 Å². The number of hydrogen-bond acceptors (Lipinski definition) is 3. The molecule has 1 heterocycles. The molecular weight excluding hydrogens is 216 g/mol. The smallest absolute Gasteiger partial charge is 0.220 e. The zero-order valence-corrected chi connectivity index (χ0v) is 12.1. The summed E-state index contributed by atoms with van der Waals surface area (Å²) in [6, 6.07) is 0.311. The SMILES string of the molecule is CC.CC.CCCC(=O)NC1CN(CCO)C1. The van der Waals surface area contributed by atoms with Crippen LogP contribution in [0, 0.1) is 0 Å². The highest BCUT2D eigenvalue weighted by Crippen LogP contribution is 2.06. The van der Waals surface area contributed by atoms with Crippen LogP contribution in [0.5, 0.6) is 0 Å². The van der Waals surface area contributed by atoms with Gasteiger partial charge in [0, 0.05) is 26.1 Å². The standard InChI is InChI=1S/C9H18N2O2.2C2H6/c1-2-3-9(13)10-8-6-11(7-8)4-5-12;2*1-2/h8,12H,2-7H2,1H3,(H,10,13);2*1-2H3. The number of carbonyl (C=O) groups excluding carboxylic acids is 1. The Balaban J connectivity index is 0. The van der Waals surface area contributed by atoms with Crippen LogP contribution >= 0.6 is 0 Å². The number of nitrogens with zero attached hydrogens (tertiary/aromatic N) is 1. The van der Waals surface area contributed by atoms with Gasteiger partial charge in [-0.05, 0) is 6.42 Å². The van der Waals surface area contributed by atoms with Crippen molar-refractivity contribution in [2.75, 3.05) is 26.2 Å². The van der Waals surface area contributed by atoms with Crippen molar-refractivity contribution < 1.29 is 9.90 Å².